The van der Waals surface area contributed by atoms with Crippen LogP contribution in [-0.2, 0) is 11.2 Å². The van der Waals surface area contributed by atoms with Gasteiger partial charge in [-0.25, -0.2) is 0 Å². The third kappa shape index (κ3) is 4.03. The van der Waals surface area contributed by atoms with Gasteiger partial charge in [0, 0.05) is 17.7 Å². The number of hydrogen-bond acceptors (Lipinski definition) is 3. The molecular formula is C15H15NO2S. The number of amides is 1. The first-order chi connectivity index (χ1) is 9.15. The molecule has 1 amide bonds. The number of hydrogen-bond donors (Lipinski definition) is 1. The largest absolute Gasteiger partial charge is 0.326 e. The van der Waals surface area contributed by atoms with Crippen LogP contribution < -0.4 is 5.32 Å². The molecule has 0 fully saturated rings. The van der Waals surface area contributed by atoms with Crippen LogP contribution in [0.4, 0.5) is 5.69 Å². The zero-order chi connectivity index (χ0) is 13.7. The molecule has 1 heterocycles. The van der Waals surface area contributed by atoms with Gasteiger partial charge in [0.1, 0.15) is 0 Å². The molecule has 0 aliphatic heterocycles. The highest BCUT2D eigenvalue weighted by molar-refractivity contribution is 7.07. The Morgan fingerprint density at radius 1 is 1.16 bits per heavy atom. The van der Waals surface area contributed by atoms with Crippen molar-refractivity contribution in [3.63, 3.8) is 0 Å². The first-order valence-corrected chi connectivity index (χ1v) is 7.01. The summed E-state index contributed by atoms with van der Waals surface area (Å²) in [4.78, 5) is 22.9. The third-order valence-electron chi connectivity index (χ3n) is 2.80. The number of anilines is 1. The van der Waals surface area contributed by atoms with Crippen molar-refractivity contribution in [3.8, 4) is 0 Å². The monoisotopic (exact) mass is 273 g/mol. The van der Waals surface area contributed by atoms with E-state index < -0.39 is 0 Å². The van der Waals surface area contributed by atoms with Crippen LogP contribution in [0.15, 0.2) is 41.1 Å². The van der Waals surface area contributed by atoms with E-state index in [4.69, 9.17) is 0 Å². The van der Waals surface area contributed by atoms with Gasteiger partial charge in [-0.05, 0) is 60.0 Å². The average molecular weight is 273 g/mol. The van der Waals surface area contributed by atoms with Crippen LogP contribution in [0.3, 0.4) is 0 Å². The normalized spacial score (nSPS) is 10.2. The van der Waals surface area contributed by atoms with Gasteiger partial charge in [0.05, 0.1) is 0 Å². The number of benzene rings is 1. The van der Waals surface area contributed by atoms with E-state index in [0.717, 1.165) is 12.1 Å². The van der Waals surface area contributed by atoms with E-state index in [9.17, 15) is 9.59 Å². The van der Waals surface area contributed by atoms with E-state index in [1.54, 1.807) is 35.6 Å². The van der Waals surface area contributed by atoms with Gasteiger partial charge in [-0.1, -0.05) is 0 Å². The van der Waals surface area contributed by atoms with E-state index in [1.165, 1.54) is 12.5 Å². The molecule has 0 saturated heterocycles. The van der Waals surface area contributed by atoms with Gasteiger partial charge in [-0.15, -0.1) is 0 Å². The Balaban J connectivity index is 1.86. The molecule has 2 aromatic rings. The minimum absolute atomic E-state index is 0.0122. The molecule has 98 valence electrons. The summed E-state index contributed by atoms with van der Waals surface area (Å²) in [6, 6.07) is 8.96. The van der Waals surface area contributed by atoms with Crippen LogP contribution in [0.25, 0.3) is 0 Å². The van der Waals surface area contributed by atoms with Gasteiger partial charge in [-0.3, -0.25) is 9.59 Å². The van der Waals surface area contributed by atoms with E-state index in [1.807, 2.05) is 11.4 Å². The molecule has 19 heavy (non-hydrogen) atoms. The minimum Gasteiger partial charge on any atom is -0.326 e. The summed E-state index contributed by atoms with van der Waals surface area (Å²) in [5, 5.41) is 6.88. The second kappa shape index (κ2) is 6.29. The molecule has 0 atom stereocenters. The highest BCUT2D eigenvalue weighted by atomic mass is 32.1. The quantitative estimate of drug-likeness (QED) is 0.847. The van der Waals surface area contributed by atoms with Crippen LogP contribution in [0.1, 0.15) is 29.3 Å². The van der Waals surface area contributed by atoms with Crippen LogP contribution in [0.2, 0.25) is 0 Å². The van der Waals surface area contributed by atoms with Crippen molar-refractivity contribution in [2.75, 3.05) is 5.32 Å². The Morgan fingerprint density at radius 3 is 2.47 bits per heavy atom. The Hall–Kier alpha value is -1.94. The Bertz CT molecular complexity index is 558. The number of thiophene rings is 1. The van der Waals surface area contributed by atoms with Gasteiger partial charge >= 0.3 is 0 Å². The zero-order valence-corrected chi connectivity index (χ0v) is 11.5. The van der Waals surface area contributed by atoms with Gasteiger partial charge in [-0.2, -0.15) is 11.3 Å². The summed E-state index contributed by atoms with van der Waals surface area (Å²) in [6.07, 6.45) is 1.21. The summed E-state index contributed by atoms with van der Waals surface area (Å²) in [5.41, 5.74) is 2.56. The maximum absolute atomic E-state index is 11.8. The topological polar surface area (TPSA) is 46.2 Å². The van der Waals surface area contributed by atoms with Crippen LogP contribution in [0.5, 0.6) is 0 Å². The number of carbonyl (C=O) groups is 2. The maximum Gasteiger partial charge on any atom is 0.224 e. The van der Waals surface area contributed by atoms with E-state index >= 15 is 0 Å². The second-order valence-corrected chi connectivity index (χ2v) is 5.09. The molecule has 4 heteroatoms. The summed E-state index contributed by atoms with van der Waals surface area (Å²) >= 11 is 1.64. The molecule has 0 unspecified atom stereocenters. The lowest BCUT2D eigenvalue weighted by Gasteiger charge is -2.05. The fourth-order valence-corrected chi connectivity index (χ4v) is 2.41. The van der Waals surface area contributed by atoms with Gasteiger partial charge < -0.3 is 5.32 Å². The fraction of sp³-hybridized carbons (Fsp3) is 0.200. The lowest BCUT2D eigenvalue weighted by atomic mass is 10.1. The predicted octanol–water partition coefficient (Wildman–Crippen LogP) is 3.52. The molecule has 3 nitrogen and oxygen atoms in total. The molecule has 0 saturated carbocycles. The minimum atomic E-state index is -0.0122. The van der Waals surface area contributed by atoms with Gasteiger partial charge in [0.25, 0.3) is 0 Å². The van der Waals surface area contributed by atoms with Crippen molar-refractivity contribution in [2.45, 2.75) is 19.8 Å². The summed E-state index contributed by atoms with van der Waals surface area (Å²) in [6.45, 7) is 1.52. The molecule has 0 aliphatic rings. The first kappa shape index (κ1) is 13.5. The molecule has 2 rings (SSSR count). The zero-order valence-electron chi connectivity index (χ0n) is 10.7. The Kier molecular flexibility index (Phi) is 4.47. The second-order valence-electron chi connectivity index (χ2n) is 4.31. The SMILES string of the molecule is CC(=O)c1ccc(NC(=O)CCc2ccsc2)cc1. The van der Waals surface area contributed by atoms with Crippen molar-refractivity contribution < 1.29 is 9.59 Å². The molecule has 1 N–H and O–H groups in total. The predicted molar refractivity (Wildman–Crippen MR) is 77.7 cm³/mol. The Labute approximate surface area is 116 Å². The third-order valence-corrected chi connectivity index (χ3v) is 3.53. The highest BCUT2D eigenvalue weighted by Crippen LogP contribution is 2.12. The van der Waals surface area contributed by atoms with Gasteiger partial charge in [0.2, 0.25) is 5.91 Å². The fourth-order valence-electron chi connectivity index (χ4n) is 1.70. The number of Topliss-reactive ketones (excluding diaryl/α,β-unsaturated/α-hetero) is 1. The lowest BCUT2D eigenvalue weighted by molar-refractivity contribution is -0.116. The van der Waals surface area contributed by atoms with Crippen molar-refractivity contribution in [1.29, 1.82) is 0 Å². The number of carbonyl (C=O) groups excluding carboxylic acids is 2. The number of nitrogens with one attached hydrogen (secondary N) is 1. The van der Waals surface area contributed by atoms with Crippen molar-refractivity contribution in [2.24, 2.45) is 0 Å². The van der Waals surface area contributed by atoms with Crippen LogP contribution >= 0.6 is 11.3 Å². The molecular weight excluding hydrogens is 258 g/mol. The molecule has 0 bridgehead atoms. The van der Waals surface area contributed by atoms with Crippen molar-refractivity contribution in [1.82, 2.24) is 0 Å². The van der Waals surface area contributed by atoms with Crippen LogP contribution in [-0.4, -0.2) is 11.7 Å². The molecule has 1 aromatic carbocycles. The Morgan fingerprint density at radius 2 is 1.89 bits per heavy atom. The van der Waals surface area contributed by atoms with Gasteiger partial charge in [0.15, 0.2) is 5.78 Å². The van der Waals surface area contributed by atoms with E-state index in [2.05, 4.69) is 10.7 Å². The van der Waals surface area contributed by atoms with Crippen LogP contribution in [0, 0.1) is 0 Å². The standard InChI is InChI=1S/C15H15NO2S/c1-11(17)13-3-5-14(6-4-13)16-15(18)7-2-12-8-9-19-10-12/h3-6,8-10H,2,7H2,1H3,(H,16,18). The smallest absolute Gasteiger partial charge is 0.224 e. The number of aryl methyl sites for hydroxylation is 1. The van der Waals surface area contributed by atoms with Crippen molar-refractivity contribution in [3.05, 3.63) is 52.2 Å². The lowest BCUT2D eigenvalue weighted by Crippen LogP contribution is -2.12. The van der Waals surface area contributed by atoms with E-state index in [-0.39, 0.29) is 11.7 Å². The molecule has 0 spiro atoms. The highest BCUT2D eigenvalue weighted by Gasteiger charge is 2.04. The summed E-state index contributed by atoms with van der Waals surface area (Å²) < 4.78 is 0. The molecule has 0 radical (unpaired) electrons. The molecule has 1 aromatic heterocycles. The summed E-state index contributed by atoms with van der Waals surface area (Å²) in [5.74, 6) is 0.0112. The van der Waals surface area contributed by atoms with E-state index in [0.29, 0.717) is 12.0 Å². The summed E-state index contributed by atoms with van der Waals surface area (Å²) in [7, 11) is 0. The average Bonchev–Trinajstić information content (AvgIpc) is 2.90. The molecule has 0 aliphatic carbocycles. The number of ketones is 1. The first-order valence-electron chi connectivity index (χ1n) is 6.07. The maximum atomic E-state index is 11.8. The van der Waals surface area contributed by atoms with Crippen molar-refractivity contribution >= 4 is 28.7 Å². The number of rotatable bonds is 5.